The van der Waals surface area contributed by atoms with Gasteiger partial charge in [0, 0.05) is 10.6 Å². The number of aromatic carboxylic acids is 2. The summed E-state index contributed by atoms with van der Waals surface area (Å²) >= 11 is 6.01. The second-order valence-corrected chi connectivity index (χ2v) is 6.13. The summed E-state index contributed by atoms with van der Waals surface area (Å²) in [4.78, 5) is 37.5. The Bertz CT molecular complexity index is 1140. The molecule has 0 aliphatic heterocycles. The van der Waals surface area contributed by atoms with Crippen molar-refractivity contribution in [2.45, 2.75) is 0 Å². The van der Waals surface area contributed by atoms with Gasteiger partial charge < -0.3 is 20.9 Å². The van der Waals surface area contributed by atoms with Gasteiger partial charge in [0.05, 0.1) is 0 Å². The van der Waals surface area contributed by atoms with E-state index >= 15 is 0 Å². The van der Waals surface area contributed by atoms with Crippen LogP contribution in [-0.4, -0.2) is 27.1 Å². The second kappa shape index (κ2) is 6.97. The fraction of sp³-hybridized carbons (Fsp3) is 0. The molecule has 0 atom stereocenters. The maximum absolute atomic E-state index is 12.1. The predicted molar refractivity (Wildman–Crippen MR) is 101 cm³/mol. The van der Waals surface area contributed by atoms with E-state index in [4.69, 9.17) is 17.3 Å². The van der Waals surface area contributed by atoms with E-state index in [1.165, 1.54) is 6.07 Å². The Hall–Kier alpha value is -3.58. The SMILES string of the molecule is Nc1[nH]c(=O)c(C(=O)O)c(-c2cccc(-c3cccc(Cl)c3)c2)c1C(=O)O. The molecular formula is C19H13ClN2O5. The topological polar surface area (TPSA) is 133 Å². The maximum atomic E-state index is 12.1. The molecule has 0 bridgehead atoms. The molecule has 0 saturated heterocycles. The molecule has 7 nitrogen and oxygen atoms in total. The third kappa shape index (κ3) is 3.40. The lowest BCUT2D eigenvalue weighted by molar-refractivity contribution is 0.0695. The quantitative estimate of drug-likeness (QED) is 0.545. The fourth-order valence-electron chi connectivity index (χ4n) is 2.86. The largest absolute Gasteiger partial charge is 0.478 e. The van der Waals surface area contributed by atoms with Crippen molar-refractivity contribution in [3.63, 3.8) is 0 Å². The first-order valence-electron chi connectivity index (χ1n) is 7.68. The number of benzene rings is 2. The molecule has 0 fully saturated rings. The lowest BCUT2D eigenvalue weighted by Crippen LogP contribution is -2.24. The van der Waals surface area contributed by atoms with Crippen molar-refractivity contribution in [2.75, 3.05) is 5.73 Å². The van der Waals surface area contributed by atoms with E-state index in [9.17, 15) is 24.6 Å². The molecule has 136 valence electrons. The molecule has 0 radical (unpaired) electrons. The van der Waals surface area contributed by atoms with Crippen LogP contribution < -0.4 is 11.3 Å². The number of aromatic amines is 1. The fourth-order valence-corrected chi connectivity index (χ4v) is 3.05. The molecule has 3 rings (SSSR count). The highest BCUT2D eigenvalue weighted by Crippen LogP contribution is 2.32. The molecule has 27 heavy (non-hydrogen) atoms. The molecule has 0 amide bonds. The van der Waals surface area contributed by atoms with Gasteiger partial charge in [0.1, 0.15) is 16.9 Å². The summed E-state index contributed by atoms with van der Waals surface area (Å²) < 4.78 is 0. The number of carbonyl (C=O) groups is 2. The number of halogens is 1. The molecule has 0 spiro atoms. The number of carboxylic acids is 2. The minimum atomic E-state index is -1.55. The zero-order valence-electron chi connectivity index (χ0n) is 13.7. The molecule has 8 heteroatoms. The number of pyridine rings is 1. The van der Waals surface area contributed by atoms with Crippen molar-refractivity contribution >= 4 is 29.4 Å². The van der Waals surface area contributed by atoms with E-state index in [1.807, 2.05) is 0 Å². The Labute approximate surface area is 157 Å². The van der Waals surface area contributed by atoms with Gasteiger partial charge in [0.2, 0.25) is 0 Å². The highest BCUT2D eigenvalue weighted by Gasteiger charge is 2.26. The van der Waals surface area contributed by atoms with Crippen LogP contribution in [0, 0.1) is 0 Å². The molecule has 0 unspecified atom stereocenters. The number of hydrogen-bond donors (Lipinski definition) is 4. The van der Waals surface area contributed by atoms with Crippen molar-refractivity contribution < 1.29 is 19.8 Å². The highest BCUT2D eigenvalue weighted by atomic mass is 35.5. The van der Waals surface area contributed by atoms with Crippen molar-refractivity contribution in [3.8, 4) is 22.3 Å². The Morgan fingerprint density at radius 1 is 0.889 bits per heavy atom. The van der Waals surface area contributed by atoms with Crippen LogP contribution >= 0.6 is 11.6 Å². The van der Waals surface area contributed by atoms with Gasteiger partial charge in [-0.15, -0.1) is 0 Å². The average molecular weight is 385 g/mol. The molecule has 0 saturated carbocycles. The standard InChI is InChI=1S/C19H13ClN2O5/c20-12-6-2-4-10(8-12)9-3-1-5-11(7-9)13-14(18(24)25)16(21)22-17(23)15(13)19(26)27/h1-8H,(H,24,25)(H,26,27)(H3,21,22,23). The third-order valence-electron chi connectivity index (χ3n) is 3.98. The zero-order valence-corrected chi connectivity index (χ0v) is 14.4. The van der Waals surface area contributed by atoms with Crippen LogP contribution in [-0.2, 0) is 0 Å². The lowest BCUT2D eigenvalue weighted by atomic mass is 9.93. The number of aromatic nitrogens is 1. The van der Waals surface area contributed by atoms with E-state index in [0.717, 1.165) is 5.56 Å². The van der Waals surface area contributed by atoms with Crippen LogP contribution in [0.3, 0.4) is 0 Å². The molecule has 1 heterocycles. The Kier molecular flexibility index (Phi) is 4.70. The van der Waals surface area contributed by atoms with E-state index in [-0.39, 0.29) is 11.1 Å². The average Bonchev–Trinajstić information content (AvgIpc) is 2.60. The first-order chi connectivity index (χ1) is 12.8. The number of rotatable bonds is 4. The van der Waals surface area contributed by atoms with Crippen molar-refractivity contribution in [1.82, 2.24) is 4.98 Å². The van der Waals surface area contributed by atoms with Gasteiger partial charge in [-0.2, -0.15) is 0 Å². The normalized spacial score (nSPS) is 10.6. The van der Waals surface area contributed by atoms with Gasteiger partial charge in [0.15, 0.2) is 0 Å². The Morgan fingerprint density at radius 3 is 2.04 bits per heavy atom. The summed E-state index contributed by atoms with van der Waals surface area (Å²) in [5, 5.41) is 19.5. The number of nitrogen functional groups attached to an aromatic ring is 1. The summed E-state index contributed by atoms with van der Waals surface area (Å²) in [5.41, 5.74) is 4.91. The molecular weight excluding hydrogens is 372 g/mol. The number of anilines is 1. The number of nitrogens with two attached hydrogens (primary N) is 1. The van der Waals surface area contributed by atoms with Gasteiger partial charge in [-0.3, -0.25) is 4.79 Å². The first kappa shape index (κ1) is 18.2. The predicted octanol–water partition coefficient (Wildman–Crippen LogP) is 3.34. The van der Waals surface area contributed by atoms with Crippen LogP contribution in [0.1, 0.15) is 20.7 Å². The van der Waals surface area contributed by atoms with Crippen LogP contribution in [0.15, 0.2) is 53.3 Å². The van der Waals surface area contributed by atoms with Crippen molar-refractivity contribution in [1.29, 1.82) is 0 Å². The van der Waals surface area contributed by atoms with E-state index in [2.05, 4.69) is 4.98 Å². The lowest BCUT2D eigenvalue weighted by Gasteiger charge is -2.13. The van der Waals surface area contributed by atoms with E-state index < -0.39 is 34.4 Å². The smallest absolute Gasteiger partial charge is 0.342 e. The van der Waals surface area contributed by atoms with Gasteiger partial charge in [-0.1, -0.05) is 41.9 Å². The maximum Gasteiger partial charge on any atom is 0.342 e. The van der Waals surface area contributed by atoms with Crippen LogP contribution in [0.2, 0.25) is 5.02 Å². The van der Waals surface area contributed by atoms with Gasteiger partial charge in [0.25, 0.3) is 5.56 Å². The summed E-state index contributed by atoms with van der Waals surface area (Å²) in [7, 11) is 0. The summed E-state index contributed by atoms with van der Waals surface area (Å²) in [6.45, 7) is 0. The van der Waals surface area contributed by atoms with Gasteiger partial charge in [-0.05, 0) is 34.9 Å². The number of hydrogen-bond acceptors (Lipinski definition) is 4. The Balaban J connectivity index is 2.34. The molecule has 0 aliphatic rings. The van der Waals surface area contributed by atoms with Gasteiger partial charge >= 0.3 is 11.9 Å². The molecule has 5 N–H and O–H groups in total. The summed E-state index contributed by atoms with van der Waals surface area (Å²) in [6.07, 6.45) is 0. The third-order valence-corrected chi connectivity index (χ3v) is 4.22. The van der Waals surface area contributed by atoms with Gasteiger partial charge in [-0.25, -0.2) is 9.59 Å². The number of carboxylic acid groups (broad SMARTS) is 2. The number of H-pyrrole nitrogens is 1. The van der Waals surface area contributed by atoms with Crippen LogP contribution in [0.5, 0.6) is 0 Å². The number of nitrogens with one attached hydrogen (secondary N) is 1. The first-order valence-corrected chi connectivity index (χ1v) is 8.06. The minimum Gasteiger partial charge on any atom is -0.478 e. The second-order valence-electron chi connectivity index (χ2n) is 5.69. The van der Waals surface area contributed by atoms with E-state index in [0.29, 0.717) is 10.6 Å². The van der Waals surface area contributed by atoms with Crippen molar-refractivity contribution in [3.05, 3.63) is 75.0 Å². The molecule has 3 aromatic rings. The molecule has 1 aromatic heterocycles. The summed E-state index contributed by atoms with van der Waals surface area (Å²) in [6, 6.07) is 13.4. The van der Waals surface area contributed by atoms with Crippen molar-refractivity contribution in [2.24, 2.45) is 0 Å². The van der Waals surface area contributed by atoms with E-state index in [1.54, 1.807) is 42.5 Å². The van der Waals surface area contributed by atoms with Crippen LogP contribution in [0.4, 0.5) is 5.82 Å². The molecule has 0 aliphatic carbocycles. The molecule has 2 aromatic carbocycles. The Morgan fingerprint density at radius 2 is 1.44 bits per heavy atom. The monoisotopic (exact) mass is 384 g/mol. The highest BCUT2D eigenvalue weighted by molar-refractivity contribution is 6.30. The summed E-state index contributed by atoms with van der Waals surface area (Å²) in [5.74, 6) is -3.42. The minimum absolute atomic E-state index is 0.236. The van der Waals surface area contributed by atoms with Crippen LogP contribution in [0.25, 0.3) is 22.3 Å². The zero-order chi connectivity index (χ0) is 19.7.